The average Bonchev–Trinajstić information content (AvgIpc) is 1.99. The van der Waals surface area contributed by atoms with E-state index in [0.717, 1.165) is 0 Å². The Morgan fingerprint density at radius 1 is 1.54 bits per heavy atom. The zero-order valence-electron chi connectivity index (χ0n) is 8.49. The van der Waals surface area contributed by atoms with Gasteiger partial charge in [-0.25, -0.2) is 0 Å². The summed E-state index contributed by atoms with van der Waals surface area (Å²) in [6.45, 7) is 9.22. The highest BCUT2D eigenvalue weighted by atomic mass is 16.7. The van der Waals surface area contributed by atoms with Crippen LogP contribution in [-0.2, 0) is 9.47 Å². The van der Waals surface area contributed by atoms with Crippen LogP contribution < -0.4 is 0 Å². The molecule has 0 aromatic rings. The number of hydrogen-bond donors (Lipinski definition) is 1. The molecule has 0 spiro atoms. The summed E-state index contributed by atoms with van der Waals surface area (Å²) < 4.78 is 11.1. The van der Waals surface area contributed by atoms with Crippen molar-refractivity contribution >= 4 is 0 Å². The van der Waals surface area contributed by atoms with Crippen LogP contribution in [-0.4, -0.2) is 29.2 Å². The van der Waals surface area contributed by atoms with E-state index in [0.29, 0.717) is 6.42 Å². The standard InChI is InChI=1S/C10H18O3/c1-5-8(11)9-6-7(2)12-10(3,4)13-9/h5,7-9,11H,1,6H2,2-4H3. The molecular formula is C10H18O3. The van der Waals surface area contributed by atoms with Crippen molar-refractivity contribution in [3.05, 3.63) is 12.7 Å². The Bertz CT molecular complexity index is 189. The first kappa shape index (κ1) is 10.7. The third-order valence-electron chi connectivity index (χ3n) is 2.11. The van der Waals surface area contributed by atoms with Gasteiger partial charge in [-0.1, -0.05) is 6.08 Å². The number of rotatable bonds is 2. The highest BCUT2D eigenvalue weighted by Crippen LogP contribution is 2.28. The minimum atomic E-state index is -0.606. The van der Waals surface area contributed by atoms with E-state index in [9.17, 15) is 5.11 Å². The lowest BCUT2D eigenvalue weighted by Gasteiger charge is -2.40. The SMILES string of the molecule is C=CC(O)C1CC(C)OC(C)(C)O1. The lowest BCUT2D eigenvalue weighted by molar-refractivity contribution is -0.306. The Morgan fingerprint density at radius 2 is 2.15 bits per heavy atom. The molecule has 3 atom stereocenters. The average molecular weight is 186 g/mol. The summed E-state index contributed by atoms with van der Waals surface area (Å²) >= 11 is 0. The maximum Gasteiger partial charge on any atom is 0.163 e. The van der Waals surface area contributed by atoms with Gasteiger partial charge in [-0.3, -0.25) is 0 Å². The van der Waals surface area contributed by atoms with Gasteiger partial charge in [0.15, 0.2) is 5.79 Å². The summed E-state index contributed by atoms with van der Waals surface area (Å²) in [7, 11) is 0. The molecule has 13 heavy (non-hydrogen) atoms. The molecule has 0 saturated carbocycles. The van der Waals surface area contributed by atoms with E-state index < -0.39 is 11.9 Å². The molecule has 1 aliphatic rings. The molecule has 0 radical (unpaired) electrons. The van der Waals surface area contributed by atoms with Gasteiger partial charge in [-0.05, 0) is 20.8 Å². The molecule has 0 aromatic carbocycles. The Labute approximate surface area is 79.3 Å². The van der Waals surface area contributed by atoms with Crippen molar-refractivity contribution in [1.82, 2.24) is 0 Å². The van der Waals surface area contributed by atoms with Crippen LogP contribution in [0.3, 0.4) is 0 Å². The topological polar surface area (TPSA) is 38.7 Å². The normalized spacial score (nSPS) is 35.4. The highest BCUT2D eigenvalue weighted by Gasteiger charge is 2.35. The second kappa shape index (κ2) is 3.78. The predicted octanol–water partition coefficient (Wildman–Crippen LogP) is 1.46. The van der Waals surface area contributed by atoms with Crippen LogP contribution in [0.5, 0.6) is 0 Å². The largest absolute Gasteiger partial charge is 0.386 e. The van der Waals surface area contributed by atoms with Crippen LogP contribution in [0.1, 0.15) is 27.2 Å². The van der Waals surface area contributed by atoms with Gasteiger partial charge in [0.1, 0.15) is 0 Å². The molecular weight excluding hydrogens is 168 g/mol. The number of ether oxygens (including phenoxy) is 2. The maximum atomic E-state index is 9.53. The molecule has 1 heterocycles. The third kappa shape index (κ3) is 2.79. The molecule has 1 fully saturated rings. The molecule has 76 valence electrons. The Balaban J connectivity index is 2.62. The summed E-state index contributed by atoms with van der Waals surface area (Å²) in [6, 6.07) is 0. The van der Waals surface area contributed by atoms with Crippen LogP contribution >= 0.6 is 0 Å². The van der Waals surface area contributed by atoms with E-state index in [1.165, 1.54) is 6.08 Å². The van der Waals surface area contributed by atoms with E-state index in [-0.39, 0.29) is 12.2 Å². The van der Waals surface area contributed by atoms with Gasteiger partial charge in [-0.2, -0.15) is 0 Å². The van der Waals surface area contributed by atoms with Crippen LogP contribution in [0.15, 0.2) is 12.7 Å². The molecule has 0 aromatic heterocycles. The van der Waals surface area contributed by atoms with E-state index >= 15 is 0 Å². The molecule has 3 nitrogen and oxygen atoms in total. The van der Waals surface area contributed by atoms with Crippen LogP contribution in [0.25, 0.3) is 0 Å². The van der Waals surface area contributed by atoms with Crippen molar-refractivity contribution in [3.63, 3.8) is 0 Å². The van der Waals surface area contributed by atoms with Crippen molar-refractivity contribution in [2.75, 3.05) is 0 Å². The fourth-order valence-electron chi connectivity index (χ4n) is 1.66. The summed E-state index contributed by atoms with van der Waals surface area (Å²) in [4.78, 5) is 0. The summed E-state index contributed by atoms with van der Waals surface area (Å²) in [5.41, 5.74) is 0. The van der Waals surface area contributed by atoms with Crippen LogP contribution in [0, 0.1) is 0 Å². The Hall–Kier alpha value is -0.380. The minimum Gasteiger partial charge on any atom is -0.386 e. The van der Waals surface area contributed by atoms with Gasteiger partial charge >= 0.3 is 0 Å². The fraction of sp³-hybridized carbons (Fsp3) is 0.800. The summed E-state index contributed by atoms with van der Waals surface area (Å²) in [6.07, 6.45) is 1.51. The lowest BCUT2D eigenvalue weighted by Crippen LogP contribution is -2.47. The van der Waals surface area contributed by atoms with Crippen LogP contribution in [0.4, 0.5) is 0 Å². The van der Waals surface area contributed by atoms with E-state index in [1.54, 1.807) is 0 Å². The zero-order valence-corrected chi connectivity index (χ0v) is 8.49. The predicted molar refractivity (Wildman–Crippen MR) is 50.3 cm³/mol. The lowest BCUT2D eigenvalue weighted by atomic mass is 10.0. The van der Waals surface area contributed by atoms with E-state index in [1.807, 2.05) is 20.8 Å². The second-order valence-electron chi connectivity index (χ2n) is 3.95. The smallest absolute Gasteiger partial charge is 0.163 e. The van der Waals surface area contributed by atoms with Crippen LogP contribution in [0.2, 0.25) is 0 Å². The van der Waals surface area contributed by atoms with E-state index in [4.69, 9.17) is 9.47 Å². The quantitative estimate of drug-likeness (QED) is 0.664. The van der Waals surface area contributed by atoms with Gasteiger partial charge < -0.3 is 14.6 Å². The van der Waals surface area contributed by atoms with Crippen molar-refractivity contribution in [2.24, 2.45) is 0 Å². The van der Waals surface area contributed by atoms with Gasteiger partial charge in [0, 0.05) is 6.42 Å². The van der Waals surface area contributed by atoms with Gasteiger partial charge in [0.05, 0.1) is 18.3 Å². The van der Waals surface area contributed by atoms with E-state index in [2.05, 4.69) is 6.58 Å². The van der Waals surface area contributed by atoms with Crippen molar-refractivity contribution in [2.45, 2.75) is 51.3 Å². The molecule has 3 unspecified atom stereocenters. The number of hydrogen-bond acceptors (Lipinski definition) is 3. The molecule has 1 aliphatic heterocycles. The first-order valence-electron chi connectivity index (χ1n) is 4.61. The zero-order chi connectivity index (χ0) is 10.1. The monoisotopic (exact) mass is 186 g/mol. The second-order valence-corrected chi connectivity index (χ2v) is 3.95. The highest BCUT2D eigenvalue weighted by molar-refractivity contribution is 4.89. The molecule has 1 rings (SSSR count). The summed E-state index contributed by atoms with van der Waals surface area (Å²) in [5.74, 6) is -0.605. The summed E-state index contributed by atoms with van der Waals surface area (Å²) in [5, 5.41) is 9.53. The molecule has 3 heteroatoms. The Kier molecular flexibility index (Phi) is 3.11. The molecule has 1 saturated heterocycles. The Morgan fingerprint density at radius 3 is 2.62 bits per heavy atom. The molecule has 0 amide bonds. The number of aliphatic hydroxyl groups excluding tert-OH is 1. The van der Waals surface area contributed by atoms with Crippen molar-refractivity contribution < 1.29 is 14.6 Å². The van der Waals surface area contributed by atoms with Crippen molar-refractivity contribution in [1.29, 1.82) is 0 Å². The minimum absolute atomic E-state index is 0.114. The van der Waals surface area contributed by atoms with Gasteiger partial charge in [0.25, 0.3) is 0 Å². The molecule has 0 bridgehead atoms. The molecule has 1 N–H and O–H groups in total. The first-order chi connectivity index (χ1) is 5.94. The maximum absolute atomic E-state index is 9.53. The fourth-order valence-corrected chi connectivity index (χ4v) is 1.66. The first-order valence-corrected chi connectivity index (χ1v) is 4.61. The van der Waals surface area contributed by atoms with Crippen molar-refractivity contribution in [3.8, 4) is 0 Å². The van der Waals surface area contributed by atoms with Gasteiger partial charge in [0.2, 0.25) is 0 Å². The third-order valence-corrected chi connectivity index (χ3v) is 2.11. The molecule has 0 aliphatic carbocycles. The van der Waals surface area contributed by atoms with Gasteiger partial charge in [-0.15, -0.1) is 6.58 Å². The number of aliphatic hydroxyl groups is 1.